The highest BCUT2D eigenvalue weighted by atomic mass is 127. The number of hydrogen-bond acceptors (Lipinski definition) is 3. The molecule has 1 saturated heterocycles. The van der Waals surface area contributed by atoms with Crippen molar-refractivity contribution < 1.29 is 0 Å². The number of rotatable bonds is 7. The Morgan fingerprint density at radius 3 is 2.96 bits per heavy atom. The SMILES string of the molecule is CCNC(=NCc1cccs1)NCCCN1CCCCC1C.I. The van der Waals surface area contributed by atoms with Gasteiger partial charge in [-0.25, -0.2) is 4.99 Å². The fourth-order valence-electron chi connectivity index (χ4n) is 2.88. The molecule has 0 saturated carbocycles. The van der Waals surface area contributed by atoms with Gasteiger partial charge in [-0.05, 0) is 51.1 Å². The molecule has 1 aliphatic rings. The third kappa shape index (κ3) is 7.85. The molecular weight excluding hydrogens is 419 g/mol. The quantitative estimate of drug-likeness (QED) is 0.288. The van der Waals surface area contributed by atoms with E-state index in [4.69, 9.17) is 0 Å². The summed E-state index contributed by atoms with van der Waals surface area (Å²) in [6.45, 7) is 9.58. The number of nitrogens with one attached hydrogen (secondary N) is 2. The first-order valence-corrected chi connectivity index (χ1v) is 9.46. The number of nitrogens with zero attached hydrogens (tertiary/aromatic N) is 2. The lowest BCUT2D eigenvalue weighted by Gasteiger charge is -2.33. The maximum Gasteiger partial charge on any atom is 0.191 e. The molecule has 0 bridgehead atoms. The maximum absolute atomic E-state index is 4.65. The zero-order valence-corrected chi connectivity index (χ0v) is 17.5. The molecule has 2 rings (SSSR count). The Labute approximate surface area is 162 Å². The fourth-order valence-corrected chi connectivity index (χ4v) is 3.51. The van der Waals surface area contributed by atoms with E-state index in [-0.39, 0.29) is 24.0 Å². The standard InChI is InChI=1S/C17H30N4S.HI/c1-3-18-17(20-14-16-9-6-13-22-16)19-10-7-12-21-11-5-4-8-15(21)2;/h6,9,13,15H,3-5,7-8,10-12,14H2,1-2H3,(H2,18,19,20);1H. The van der Waals surface area contributed by atoms with Crippen LogP contribution < -0.4 is 10.6 Å². The number of aliphatic imine (C=N–C) groups is 1. The van der Waals surface area contributed by atoms with E-state index >= 15 is 0 Å². The Morgan fingerprint density at radius 1 is 1.39 bits per heavy atom. The van der Waals surface area contributed by atoms with Crippen LogP contribution in [-0.2, 0) is 6.54 Å². The molecule has 4 nitrogen and oxygen atoms in total. The second-order valence-corrected chi connectivity index (χ2v) is 6.97. The Hall–Kier alpha value is -0.340. The second-order valence-electron chi connectivity index (χ2n) is 5.94. The van der Waals surface area contributed by atoms with E-state index in [1.807, 2.05) is 0 Å². The van der Waals surface area contributed by atoms with Crippen LogP contribution in [0.25, 0.3) is 0 Å². The van der Waals surface area contributed by atoms with Crippen molar-refractivity contribution in [2.24, 2.45) is 4.99 Å². The van der Waals surface area contributed by atoms with Crippen LogP contribution in [0.15, 0.2) is 22.5 Å². The topological polar surface area (TPSA) is 39.7 Å². The van der Waals surface area contributed by atoms with Crippen molar-refractivity contribution in [3.8, 4) is 0 Å². The van der Waals surface area contributed by atoms with Gasteiger partial charge in [0.25, 0.3) is 0 Å². The van der Waals surface area contributed by atoms with Crippen LogP contribution in [0, 0.1) is 0 Å². The molecule has 1 aromatic heterocycles. The zero-order valence-electron chi connectivity index (χ0n) is 14.4. The molecule has 0 aliphatic carbocycles. The van der Waals surface area contributed by atoms with Crippen LogP contribution in [-0.4, -0.2) is 43.1 Å². The molecule has 0 amide bonds. The number of guanidine groups is 1. The maximum atomic E-state index is 4.65. The highest BCUT2D eigenvalue weighted by molar-refractivity contribution is 14.0. The highest BCUT2D eigenvalue weighted by Crippen LogP contribution is 2.16. The summed E-state index contributed by atoms with van der Waals surface area (Å²) in [5, 5.41) is 8.88. The van der Waals surface area contributed by atoms with E-state index in [0.29, 0.717) is 0 Å². The third-order valence-corrected chi connectivity index (χ3v) is 5.03. The van der Waals surface area contributed by atoms with E-state index in [9.17, 15) is 0 Å². The van der Waals surface area contributed by atoms with E-state index < -0.39 is 0 Å². The number of halogens is 1. The molecule has 0 aromatic carbocycles. The monoisotopic (exact) mass is 450 g/mol. The van der Waals surface area contributed by atoms with Gasteiger partial charge < -0.3 is 15.5 Å². The average molecular weight is 450 g/mol. The second kappa shape index (κ2) is 12.1. The van der Waals surface area contributed by atoms with Crippen molar-refractivity contribution in [2.75, 3.05) is 26.2 Å². The minimum absolute atomic E-state index is 0. The molecule has 1 unspecified atom stereocenters. The van der Waals surface area contributed by atoms with E-state index in [0.717, 1.165) is 31.6 Å². The molecule has 1 aromatic rings. The van der Waals surface area contributed by atoms with Gasteiger partial charge in [0.15, 0.2) is 5.96 Å². The molecule has 1 fully saturated rings. The predicted octanol–water partition coefficient (Wildman–Crippen LogP) is 3.69. The minimum Gasteiger partial charge on any atom is -0.357 e. The molecule has 0 radical (unpaired) electrons. The molecule has 132 valence electrons. The van der Waals surface area contributed by atoms with Crippen molar-refractivity contribution in [2.45, 2.75) is 52.1 Å². The largest absolute Gasteiger partial charge is 0.357 e. The lowest BCUT2D eigenvalue weighted by Crippen LogP contribution is -2.41. The molecule has 2 N–H and O–H groups in total. The Kier molecular flexibility index (Phi) is 10.9. The summed E-state index contributed by atoms with van der Waals surface area (Å²) >= 11 is 1.76. The molecule has 1 aliphatic heterocycles. The van der Waals surface area contributed by atoms with Crippen LogP contribution in [0.1, 0.15) is 44.4 Å². The smallest absolute Gasteiger partial charge is 0.191 e. The van der Waals surface area contributed by atoms with Gasteiger partial charge in [0.2, 0.25) is 0 Å². The van der Waals surface area contributed by atoms with Gasteiger partial charge in [0, 0.05) is 30.6 Å². The predicted molar refractivity (Wildman–Crippen MR) is 112 cm³/mol. The van der Waals surface area contributed by atoms with Gasteiger partial charge in [-0.2, -0.15) is 0 Å². The van der Waals surface area contributed by atoms with E-state index in [2.05, 4.69) is 51.9 Å². The molecule has 0 spiro atoms. The number of thiophene rings is 1. The zero-order chi connectivity index (χ0) is 15.6. The lowest BCUT2D eigenvalue weighted by molar-refractivity contribution is 0.159. The van der Waals surface area contributed by atoms with Crippen LogP contribution in [0.5, 0.6) is 0 Å². The normalized spacial score (nSPS) is 19.2. The van der Waals surface area contributed by atoms with Crippen molar-refractivity contribution in [3.05, 3.63) is 22.4 Å². The summed E-state index contributed by atoms with van der Waals surface area (Å²) in [5.74, 6) is 0.933. The Bertz CT molecular complexity index is 436. The number of piperidine rings is 1. The summed E-state index contributed by atoms with van der Waals surface area (Å²) < 4.78 is 0. The third-order valence-electron chi connectivity index (χ3n) is 4.17. The minimum atomic E-state index is 0. The number of hydrogen-bond donors (Lipinski definition) is 2. The molecular formula is C17H31IN4S. The van der Waals surface area contributed by atoms with Gasteiger partial charge in [0.1, 0.15) is 0 Å². The number of likely N-dealkylation sites (tertiary alicyclic amines) is 1. The van der Waals surface area contributed by atoms with Crippen molar-refractivity contribution in [1.29, 1.82) is 0 Å². The summed E-state index contributed by atoms with van der Waals surface area (Å²) in [7, 11) is 0. The molecule has 1 atom stereocenters. The molecule has 23 heavy (non-hydrogen) atoms. The summed E-state index contributed by atoms with van der Waals surface area (Å²) in [6, 6.07) is 4.97. The van der Waals surface area contributed by atoms with Gasteiger partial charge in [0.05, 0.1) is 6.54 Å². The van der Waals surface area contributed by atoms with E-state index in [1.165, 1.54) is 43.6 Å². The Morgan fingerprint density at radius 2 is 2.26 bits per heavy atom. The van der Waals surface area contributed by atoms with Crippen LogP contribution in [0.2, 0.25) is 0 Å². The highest BCUT2D eigenvalue weighted by Gasteiger charge is 2.16. The Balaban J connectivity index is 0.00000264. The van der Waals surface area contributed by atoms with E-state index in [1.54, 1.807) is 11.3 Å². The van der Waals surface area contributed by atoms with Gasteiger partial charge in [-0.1, -0.05) is 12.5 Å². The van der Waals surface area contributed by atoms with Gasteiger partial charge in [-0.3, -0.25) is 0 Å². The molecule has 6 heteroatoms. The average Bonchev–Trinajstić information content (AvgIpc) is 3.04. The van der Waals surface area contributed by atoms with Crippen molar-refractivity contribution in [3.63, 3.8) is 0 Å². The van der Waals surface area contributed by atoms with Crippen molar-refractivity contribution >= 4 is 41.3 Å². The first-order chi connectivity index (χ1) is 10.8. The van der Waals surface area contributed by atoms with Crippen LogP contribution in [0.3, 0.4) is 0 Å². The summed E-state index contributed by atoms with van der Waals surface area (Å²) in [6.07, 6.45) is 5.30. The summed E-state index contributed by atoms with van der Waals surface area (Å²) in [4.78, 5) is 8.58. The van der Waals surface area contributed by atoms with Crippen LogP contribution in [0.4, 0.5) is 0 Å². The van der Waals surface area contributed by atoms with Gasteiger partial charge >= 0.3 is 0 Å². The van der Waals surface area contributed by atoms with Gasteiger partial charge in [-0.15, -0.1) is 35.3 Å². The first-order valence-electron chi connectivity index (χ1n) is 8.58. The lowest BCUT2D eigenvalue weighted by atomic mass is 10.0. The fraction of sp³-hybridized carbons (Fsp3) is 0.706. The first kappa shape index (κ1) is 20.7. The van der Waals surface area contributed by atoms with Crippen molar-refractivity contribution in [1.82, 2.24) is 15.5 Å². The summed E-state index contributed by atoms with van der Waals surface area (Å²) in [5.41, 5.74) is 0. The molecule has 2 heterocycles. The van der Waals surface area contributed by atoms with Crippen LogP contribution >= 0.6 is 35.3 Å².